The lowest BCUT2D eigenvalue weighted by atomic mass is 9.89. The third-order valence-electron chi connectivity index (χ3n) is 11.1. The Morgan fingerprint density at radius 2 is 1.24 bits per heavy atom. The lowest BCUT2D eigenvalue weighted by Crippen LogP contribution is -2.66. The third-order valence-corrected chi connectivity index (χ3v) is 11.1. The van der Waals surface area contributed by atoms with Gasteiger partial charge in [0.15, 0.2) is 11.4 Å². The molecule has 2 aliphatic rings. The zero-order valence-corrected chi connectivity index (χ0v) is 33.4. The molecule has 2 atom stereocenters. The molecule has 0 saturated heterocycles. The van der Waals surface area contributed by atoms with E-state index in [1.807, 2.05) is 125 Å². The quantitative estimate of drug-likeness (QED) is 0.0849. The lowest BCUT2D eigenvalue weighted by Gasteiger charge is -2.54. The number of carbonyl (C=O) groups excluding carboxylic acids is 1. The number of fused-ring (bicyclic) bond motifs is 1. The van der Waals surface area contributed by atoms with Crippen LogP contribution in [0.2, 0.25) is 0 Å². The molecule has 2 unspecified atom stereocenters. The largest absolute Gasteiger partial charge is 0.497 e. The number of rotatable bonds is 17. The molecule has 59 heavy (non-hydrogen) atoms. The van der Waals surface area contributed by atoms with Gasteiger partial charge in [0, 0.05) is 30.3 Å². The summed E-state index contributed by atoms with van der Waals surface area (Å²) in [6.45, 7) is 1.24. The van der Waals surface area contributed by atoms with Crippen LogP contribution in [0.5, 0.6) is 23.0 Å². The summed E-state index contributed by atoms with van der Waals surface area (Å²) in [5, 5.41) is 2.23. The number of carbonyl (C=O) groups is 1. The molecule has 1 aliphatic carbocycles. The van der Waals surface area contributed by atoms with E-state index in [1.165, 1.54) is 6.07 Å². The van der Waals surface area contributed by atoms with Gasteiger partial charge in [-0.3, -0.25) is 19.3 Å². The van der Waals surface area contributed by atoms with Crippen LogP contribution in [-0.2, 0) is 24.6 Å². The van der Waals surface area contributed by atoms with Crippen LogP contribution >= 0.6 is 0 Å². The van der Waals surface area contributed by atoms with E-state index in [9.17, 15) is 4.79 Å². The van der Waals surface area contributed by atoms with E-state index >= 15 is 4.79 Å². The first-order valence-corrected chi connectivity index (χ1v) is 20.2. The van der Waals surface area contributed by atoms with Gasteiger partial charge in [-0.2, -0.15) is 0 Å². The van der Waals surface area contributed by atoms with Crippen LogP contribution in [-0.4, -0.2) is 48.5 Å². The van der Waals surface area contributed by atoms with Crippen molar-refractivity contribution in [2.24, 2.45) is 0 Å². The molecule has 2 heterocycles. The number of hydrogen-bond acceptors (Lipinski definition) is 8. The first-order chi connectivity index (χ1) is 29.0. The van der Waals surface area contributed by atoms with Crippen molar-refractivity contribution >= 4 is 5.91 Å². The minimum Gasteiger partial charge on any atom is -0.497 e. The molecule has 1 saturated carbocycles. The van der Waals surface area contributed by atoms with Crippen LogP contribution in [0.1, 0.15) is 70.0 Å². The van der Waals surface area contributed by atoms with E-state index in [-0.39, 0.29) is 35.4 Å². The van der Waals surface area contributed by atoms with E-state index in [4.69, 9.17) is 23.7 Å². The molecule has 0 spiro atoms. The first kappa shape index (κ1) is 39.3. The summed E-state index contributed by atoms with van der Waals surface area (Å²) in [5.74, 6) is 2.05. The predicted molar refractivity (Wildman–Crippen MR) is 227 cm³/mol. The van der Waals surface area contributed by atoms with Crippen molar-refractivity contribution in [2.45, 2.75) is 63.8 Å². The zero-order valence-electron chi connectivity index (χ0n) is 33.4. The number of pyridine rings is 1. The predicted octanol–water partition coefficient (Wildman–Crippen LogP) is 8.69. The van der Waals surface area contributed by atoms with Gasteiger partial charge in [0.25, 0.3) is 5.91 Å². The van der Waals surface area contributed by atoms with Gasteiger partial charge in [0.05, 0.1) is 27.4 Å². The van der Waals surface area contributed by atoms with Crippen LogP contribution in [0.3, 0.4) is 0 Å². The molecule has 6 aromatic rings. The first-order valence-electron chi connectivity index (χ1n) is 20.2. The van der Waals surface area contributed by atoms with Crippen molar-refractivity contribution in [3.05, 3.63) is 189 Å². The van der Waals surface area contributed by atoms with Gasteiger partial charge in [-0.1, -0.05) is 103 Å². The van der Waals surface area contributed by atoms with E-state index in [1.54, 1.807) is 20.4 Å². The van der Waals surface area contributed by atoms with Crippen molar-refractivity contribution in [1.82, 2.24) is 9.58 Å². The summed E-state index contributed by atoms with van der Waals surface area (Å²) in [4.78, 5) is 31.0. The van der Waals surface area contributed by atoms with Gasteiger partial charge in [0.2, 0.25) is 5.43 Å². The molecule has 302 valence electrons. The topological polar surface area (TPSA) is 91.7 Å². The molecule has 0 radical (unpaired) electrons. The molecule has 10 heteroatoms. The maximum Gasteiger partial charge on any atom is 0.278 e. The van der Waals surface area contributed by atoms with Gasteiger partial charge in [-0.25, -0.2) is 0 Å². The Labute approximate surface area is 345 Å². The molecule has 1 fully saturated rings. The number of amides is 1. The number of nitrogens with zero attached hydrogens (tertiary/aromatic N) is 3. The summed E-state index contributed by atoms with van der Waals surface area (Å²) in [5.41, 5.74) is 4.63. The number of benzene rings is 5. The highest BCUT2D eigenvalue weighted by Crippen LogP contribution is 2.42. The number of ether oxygens (including phenoxy) is 5. The van der Waals surface area contributed by atoms with Crippen molar-refractivity contribution in [3.8, 4) is 23.0 Å². The highest BCUT2D eigenvalue weighted by Gasteiger charge is 2.47. The summed E-state index contributed by atoms with van der Waals surface area (Å²) < 4.78 is 32.0. The summed E-state index contributed by atoms with van der Waals surface area (Å²) >= 11 is 0. The number of hydrogen-bond donors (Lipinski definition) is 0. The van der Waals surface area contributed by atoms with Gasteiger partial charge in [-0.15, -0.1) is 0 Å². The molecule has 0 N–H and O–H groups in total. The monoisotopic (exact) mass is 791 g/mol. The van der Waals surface area contributed by atoms with Crippen LogP contribution in [0, 0.1) is 0 Å². The van der Waals surface area contributed by atoms with Gasteiger partial charge < -0.3 is 28.6 Å². The third kappa shape index (κ3) is 8.68. The van der Waals surface area contributed by atoms with Gasteiger partial charge in [-0.05, 0) is 71.8 Å². The SMILES string of the molecule is COc1ccc(COCCC2N(C3CCC3)C(=O)c3c(OCc4ccccc4)c(=O)ccn3N2C(c2ccccc2)c2ccccc2OCc2ccc(OC)cc2)cc1. The molecular weight excluding hydrogens is 743 g/mol. The number of aromatic nitrogens is 1. The second-order valence-corrected chi connectivity index (χ2v) is 14.8. The van der Waals surface area contributed by atoms with Crippen LogP contribution in [0.25, 0.3) is 0 Å². The van der Waals surface area contributed by atoms with Crippen molar-refractivity contribution in [2.75, 3.05) is 25.8 Å². The highest BCUT2D eigenvalue weighted by molar-refractivity contribution is 5.97. The minimum absolute atomic E-state index is 0.0272. The average molecular weight is 792 g/mol. The number of para-hydroxylation sites is 1. The maximum atomic E-state index is 15.1. The standard InChI is InChI=1S/C49H49N3O7/c1-55-40-24-20-36(21-25-40)32-57-31-29-45-51(39-16-11-17-39)49(54)47-48(59-34-35-12-5-3-6-13-35)43(53)28-30-50(47)52(45)46(38-14-7-4-8-15-38)42-18-9-10-19-44(42)58-33-37-22-26-41(56-2)27-23-37/h3-10,12-15,18-28,30,39,45-46H,11,16-17,29,31-34H2,1-2H3. The van der Waals surface area contributed by atoms with E-state index in [0.29, 0.717) is 32.0 Å². The Morgan fingerprint density at radius 3 is 1.88 bits per heavy atom. The fraction of sp³-hybridized carbons (Fsp3) is 0.265. The van der Waals surface area contributed by atoms with E-state index in [0.717, 1.165) is 58.6 Å². The van der Waals surface area contributed by atoms with Crippen LogP contribution in [0.4, 0.5) is 0 Å². The van der Waals surface area contributed by atoms with Crippen molar-refractivity contribution < 1.29 is 28.5 Å². The maximum absolute atomic E-state index is 15.1. The average Bonchev–Trinajstić information content (AvgIpc) is 3.27. The summed E-state index contributed by atoms with van der Waals surface area (Å²) in [6.07, 6.45) is 4.46. The zero-order chi connectivity index (χ0) is 40.6. The number of methoxy groups -OCH3 is 2. The Hall–Kier alpha value is -6.52. The van der Waals surface area contributed by atoms with Crippen molar-refractivity contribution in [3.63, 3.8) is 0 Å². The highest BCUT2D eigenvalue weighted by atomic mass is 16.5. The minimum atomic E-state index is -0.478. The van der Waals surface area contributed by atoms with Gasteiger partial charge in [0.1, 0.15) is 42.7 Å². The summed E-state index contributed by atoms with van der Waals surface area (Å²) in [6, 6.07) is 44.6. The Morgan fingerprint density at radius 1 is 0.644 bits per heavy atom. The fourth-order valence-corrected chi connectivity index (χ4v) is 7.87. The smallest absolute Gasteiger partial charge is 0.278 e. The second-order valence-electron chi connectivity index (χ2n) is 14.8. The molecule has 1 aliphatic heterocycles. The molecule has 5 aromatic carbocycles. The van der Waals surface area contributed by atoms with E-state index in [2.05, 4.69) is 23.2 Å². The van der Waals surface area contributed by atoms with Crippen LogP contribution < -0.4 is 29.4 Å². The van der Waals surface area contributed by atoms with Gasteiger partial charge >= 0.3 is 0 Å². The fourth-order valence-electron chi connectivity index (χ4n) is 7.87. The molecule has 0 bridgehead atoms. The summed E-state index contributed by atoms with van der Waals surface area (Å²) in [7, 11) is 3.30. The molecular formula is C49H49N3O7. The molecule has 1 aromatic heterocycles. The Bertz CT molecular complexity index is 2360. The Balaban J connectivity index is 1.24. The second kappa shape index (κ2) is 18.4. The molecule has 8 rings (SSSR count). The lowest BCUT2D eigenvalue weighted by molar-refractivity contribution is 0.0150. The Kier molecular flexibility index (Phi) is 12.2. The molecule has 1 amide bonds. The normalized spacial score (nSPS) is 15.6. The van der Waals surface area contributed by atoms with E-state index < -0.39 is 12.2 Å². The van der Waals surface area contributed by atoms with Crippen molar-refractivity contribution in [1.29, 1.82) is 0 Å². The van der Waals surface area contributed by atoms with Crippen LogP contribution in [0.15, 0.2) is 151 Å². The molecule has 10 nitrogen and oxygen atoms in total.